The van der Waals surface area contributed by atoms with Gasteiger partial charge in [-0.2, -0.15) is 0 Å². The molecule has 0 bridgehead atoms. The van der Waals surface area contributed by atoms with Crippen molar-refractivity contribution in [2.75, 3.05) is 7.11 Å². The summed E-state index contributed by atoms with van der Waals surface area (Å²) in [6.07, 6.45) is 1.10. The molecule has 2 rings (SSSR count). The summed E-state index contributed by atoms with van der Waals surface area (Å²) in [6.45, 7) is 0.285. The Kier molecular flexibility index (Phi) is 2.77. The van der Waals surface area contributed by atoms with Crippen molar-refractivity contribution in [3.05, 3.63) is 27.4 Å². The molecule has 2 aromatic heterocycles. The minimum Gasteiger partial charge on any atom is -0.473 e. The van der Waals surface area contributed by atoms with Gasteiger partial charge in [-0.25, -0.2) is 4.98 Å². The van der Waals surface area contributed by atoms with E-state index in [1.165, 1.54) is 23.2 Å². The molecule has 0 unspecified atom stereocenters. The van der Waals surface area contributed by atoms with Crippen molar-refractivity contribution >= 4 is 17.2 Å². The number of rotatable bonds is 4. The van der Waals surface area contributed by atoms with Crippen LogP contribution < -0.4 is 4.74 Å². The Morgan fingerprint density at radius 2 is 2.50 bits per heavy atom. The van der Waals surface area contributed by atoms with Gasteiger partial charge < -0.3 is 14.9 Å². The summed E-state index contributed by atoms with van der Waals surface area (Å²) in [5, 5.41) is 20.1. The second-order valence-electron chi connectivity index (χ2n) is 2.80. The molecule has 0 N–H and O–H groups in total. The van der Waals surface area contributed by atoms with Crippen LogP contribution >= 0.6 is 11.3 Å². The molecule has 84 valence electrons. The van der Waals surface area contributed by atoms with Crippen LogP contribution in [0.15, 0.2) is 11.6 Å². The topological polar surface area (TPSA) is 96.0 Å². The van der Waals surface area contributed by atoms with Crippen LogP contribution in [0.5, 0.6) is 5.19 Å². The van der Waals surface area contributed by atoms with Crippen LogP contribution in [-0.4, -0.2) is 32.0 Å². The van der Waals surface area contributed by atoms with Gasteiger partial charge in [0.1, 0.15) is 6.54 Å². The quantitative estimate of drug-likeness (QED) is 0.577. The highest BCUT2D eigenvalue weighted by Crippen LogP contribution is 2.17. The van der Waals surface area contributed by atoms with Crippen molar-refractivity contribution in [3.63, 3.8) is 0 Å². The molecule has 8 nitrogen and oxygen atoms in total. The van der Waals surface area contributed by atoms with Gasteiger partial charge in [0.2, 0.25) is 0 Å². The number of hydrogen-bond donors (Lipinski definition) is 0. The van der Waals surface area contributed by atoms with E-state index in [1.807, 2.05) is 0 Å². The minimum atomic E-state index is -0.592. The molecule has 0 saturated carbocycles. The molecule has 9 heteroatoms. The summed E-state index contributed by atoms with van der Waals surface area (Å²) in [7, 11) is 1.53. The molecule has 0 radical (unpaired) electrons. The average molecular weight is 241 g/mol. The van der Waals surface area contributed by atoms with Gasteiger partial charge >= 0.3 is 5.82 Å². The largest absolute Gasteiger partial charge is 0.473 e. The highest BCUT2D eigenvalue weighted by atomic mass is 32.1. The maximum absolute atomic E-state index is 10.4. The van der Waals surface area contributed by atoms with Crippen molar-refractivity contribution in [3.8, 4) is 5.19 Å². The molecule has 0 aliphatic rings. The Morgan fingerprint density at radius 1 is 1.69 bits per heavy atom. The van der Waals surface area contributed by atoms with E-state index in [4.69, 9.17) is 4.74 Å². The van der Waals surface area contributed by atoms with Crippen molar-refractivity contribution in [1.82, 2.24) is 20.0 Å². The number of methoxy groups -OCH3 is 1. The second-order valence-corrected chi connectivity index (χ2v) is 3.62. The van der Waals surface area contributed by atoms with Gasteiger partial charge in [-0.05, 0) is 4.92 Å². The summed E-state index contributed by atoms with van der Waals surface area (Å²) in [5.74, 6) is -0.276. The zero-order valence-corrected chi connectivity index (χ0v) is 9.05. The predicted molar refractivity (Wildman–Crippen MR) is 54.4 cm³/mol. The molecule has 0 aliphatic carbocycles. The predicted octanol–water partition coefficient (Wildman–Crippen LogP) is 0.700. The molecule has 0 atom stereocenters. The maximum Gasteiger partial charge on any atom is 0.410 e. The number of nitrogens with zero attached hydrogens (tertiary/aromatic N) is 5. The lowest BCUT2D eigenvalue weighted by molar-refractivity contribution is -0.389. The smallest absolute Gasteiger partial charge is 0.410 e. The van der Waals surface area contributed by atoms with Gasteiger partial charge in [-0.1, -0.05) is 16.1 Å². The van der Waals surface area contributed by atoms with Gasteiger partial charge in [0.15, 0.2) is 6.20 Å². The number of thiazole rings is 1. The average Bonchev–Trinajstić information content (AvgIpc) is 2.87. The highest BCUT2D eigenvalue weighted by molar-refractivity contribution is 7.11. The van der Waals surface area contributed by atoms with Crippen LogP contribution in [0.3, 0.4) is 0 Å². The molecule has 0 spiro atoms. The van der Waals surface area contributed by atoms with Gasteiger partial charge in [0.25, 0.3) is 5.19 Å². The summed E-state index contributed by atoms with van der Waals surface area (Å²) in [4.78, 5) is 15.1. The molecule has 0 aliphatic heterocycles. The van der Waals surface area contributed by atoms with E-state index < -0.39 is 4.92 Å². The lowest BCUT2D eigenvalue weighted by Gasteiger charge is -1.90. The molecular weight excluding hydrogens is 234 g/mol. The van der Waals surface area contributed by atoms with Crippen LogP contribution in [0.25, 0.3) is 0 Å². The van der Waals surface area contributed by atoms with E-state index in [9.17, 15) is 10.1 Å². The summed E-state index contributed by atoms with van der Waals surface area (Å²) in [5.41, 5.74) is 0.701. The highest BCUT2D eigenvalue weighted by Gasteiger charge is 2.13. The number of ether oxygens (including phenoxy) is 1. The zero-order valence-electron chi connectivity index (χ0n) is 8.23. The van der Waals surface area contributed by atoms with Crippen LogP contribution in [0, 0.1) is 10.1 Å². The lowest BCUT2D eigenvalue weighted by Crippen LogP contribution is -2.04. The van der Waals surface area contributed by atoms with Gasteiger partial charge in [-0.3, -0.25) is 0 Å². The van der Waals surface area contributed by atoms with Crippen LogP contribution in [0.4, 0.5) is 5.82 Å². The fraction of sp³-hybridized carbons (Fsp3) is 0.286. The molecule has 2 aromatic rings. The second kappa shape index (κ2) is 4.23. The normalized spacial score (nSPS) is 10.3. The van der Waals surface area contributed by atoms with Gasteiger partial charge in [-0.15, -0.1) is 5.10 Å². The van der Waals surface area contributed by atoms with Crippen molar-refractivity contribution in [1.29, 1.82) is 0 Å². The Bertz CT molecular complexity index is 508. The molecule has 0 amide bonds. The van der Waals surface area contributed by atoms with Gasteiger partial charge in [0, 0.05) is 5.38 Å². The molecule has 0 fully saturated rings. The molecule has 2 heterocycles. The van der Waals surface area contributed by atoms with Crippen LogP contribution in [0.2, 0.25) is 0 Å². The van der Waals surface area contributed by atoms with E-state index in [1.54, 1.807) is 5.38 Å². The first-order valence-electron chi connectivity index (χ1n) is 4.22. The first-order valence-corrected chi connectivity index (χ1v) is 5.10. The standard InChI is InChI=1S/C7H7N5O3S/c1-15-7-9-5(4-16-7)3-11-8-2-6(10-11)12(13)14/h2,4H,3H2,1H3. The molecule has 0 aromatic carbocycles. The number of nitro groups is 1. The summed E-state index contributed by atoms with van der Waals surface area (Å²) in [6, 6.07) is 0. The third kappa shape index (κ3) is 2.14. The summed E-state index contributed by atoms with van der Waals surface area (Å²) < 4.78 is 4.93. The third-order valence-corrected chi connectivity index (χ3v) is 2.57. The van der Waals surface area contributed by atoms with Gasteiger partial charge in [0.05, 0.1) is 17.9 Å². The maximum atomic E-state index is 10.4. The van der Waals surface area contributed by atoms with Crippen LogP contribution in [-0.2, 0) is 6.54 Å². The minimum absolute atomic E-state index is 0.276. The Balaban J connectivity index is 2.11. The number of hydrogen-bond acceptors (Lipinski definition) is 7. The zero-order chi connectivity index (χ0) is 11.5. The number of aromatic nitrogens is 4. The Labute approximate surface area is 93.6 Å². The fourth-order valence-corrected chi connectivity index (χ4v) is 1.68. The summed E-state index contributed by atoms with van der Waals surface area (Å²) >= 11 is 1.35. The lowest BCUT2D eigenvalue weighted by atomic mass is 10.5. The van der Waals surface area contributed by atoms with E-state index in [2.05, 4.69) is 15.2 Å². The van der Waals surface area contributed by atoms with Crippen LogP contribution in [0.1, 0.15) is 5.69 Å². The first-order chi connectivity index (χ1) is 7.69. The van der Waals surface area contributed by atoms with E-state index in [-0.39, 0.29) is 12.4 Å². The Hall–Kier alpha value is -2.03. The Morgan fingerprint density at radius 3 is 3.06 bits per heavy atom. The SMILES string of the molecule is COc1nc(Cn2ncc([N+](=O)[O-])n2)cs1. The van der Waals surface area contributed by atoms with E-state index in [0.717, 1.165) is 6.20 Å². The van der Waals surface area contributed by atoms with Crippen molar-refractivity contribution < 1.29 is 9.66 Å². The first kappa shape index (κ1) is 10.5. The third-order valence-electron chi connectivity index (χ3n) is 1.72. The molecule has 16 heavy (non-hydrogen) atoms. The molecule has 0 saturated heterocycles. The van der Waals surface area contributed by atoms with E-state index in [0.29, 0.717) is 10.9 Å². The fourth-order valence-electron chi connectivity index (χ4n) is 1.05. The van der Waals surface area contributed by atoms with E-state index >= 15 is 0 Å². The monoisotopic (exact) mass is 241 g/mol. The van der Waals surface area contributed by atoms with Crippen molar-refractivity contribution in [2.45, 2.75) is 6.54 Å². The van der Waals surface area contributed by atoms with Crippen molar-refractivity contribution in [2.24, 2.45) is 0 Å². The molecular formula is C7H7N5O3S.